The molecule has 2 saturated heterocycles. The second-order valence-corrected chi connectivity index (χ2v) is 11.1. The van der Waals surface area contributed by atoms with Gasteiger partial charge in [-0.25, -0.2) is 14.6 Å². The highest BCUT2D eigenvalue weighted by Crippen LogP contribution is 2.42. The van der Waals surface area contributed by atoms with Crippen LogP contribution in [0.15, 0.2) is 48.8 Å². The number of amides is 1. The highest BCUT2D eigenvalue weighted by molar-refractivity contribution is 5.89. The summed E-state index contributed by atoms with van der Waals surface area (Å²) in [5, 5.41) is 1.11. The summed E-state index contributed by atoms with van der Waals surface area (Å²) in [6.07, 6.45) is 5.94. The number of rotatable bonds is 4. The number of carbonyl (C=O) groups excluding carboxylic acids is 2. The van der Waals surface area contributed by atoms with Crippen molar-refractivity contribution in [2.24, 2.45) is 5.41 Å². The lowest BCUT2D eigenvalue weighted by Gasteiger charge is -2.53. The second kappa shape index (κ2) is 9.15. The second-order valence-electron chi connectivity index (χ2n) is 11.1. The van der Waals surface area contributed by atoms with Crippen molar-refractivity contribution < 1.29 is 19.1 Å². The molecule has 1 aromatic carbocycles. The largest absolute Gasteiger partial charge is 0.465 e. The third-order valence-corrected chi connectivity index (χ3v) is 7.21. The van der Waals surface area contributed by atoms with Crippen LogP contribution in [0.4, 0.5) is 10.5 Å². The van der Waals surface area contributed by atoms with Gasteiger partial charge in [0, 0.05) is 49.7 Å². The first-order valence-electron chi connectivity index (χ1n) is 12.5. The van der Waals surface area contributed by atoms with Gasteiger partial charge < -0.3 is 23.8 Å². The third kappa shape index (κ3) is 4.90. The van der Waals surface area contributed by atoms with E-state index in [1.54, 1.807) is 12.1 Å². The maximum atomic E-state index is 12.3. The molecule has 1 amide bonds. The van der Waals surface area contributed by atoms with E-state index in [4.69, 9.17) is 14.5 Å². The zero-order valence-corrected chi connectivity index (χ0v) is 21.5. The van der Waals surface area contributed by atoms with Crippen molar-refractivity contribution in [1.82, 2.24) is 14.5 Å². The van der Waals surface area contributed by atoms with Crippen molar-refractivity contribution in [1.29, 1.82) is 0 Å². The van der Waals surface area contributed by atoms with Crippen molar-refractivity contribution in [2.45, 2.75) is 45.8 Å². The minimum absolute atomic E-state index is 0.200. The van der Waals surface area contributed by atoms with Crippen molar-refractivity contribution in [3.05, 3.63) is 59.9 Å². The number of aromatic nitrogens is 2. The summed E-state index contributed by atoms with van der Waals surface area (Å²) in [6, 6.07) is 11.8. The van der Waals surface area contributed by atoms with E-state index in [-0.39, 0.29) is 17.5 Å². The Labute approximate surface area is 211 Å². The highest BCUT2D eigenvalue weighted by atomic mass is 16.6. The van der Waals surface area contributed by atoms with Gasteiger partial charge in [0.05, 0.1) is 24.6 Å². The predicted octanol–water partition coefficient (Wildman–Crippen LogP) is 4.71. The average Bonchev–Trinajstić information content (AvgIpc) is 3.23. The van der Waals surface area contributed by atoms with Crippen LogP contribution in [-0.2, 0) is 16.0 Å². The number of esters is 1. The first-order chi connectivity index (χ1) is 17.1. The summed E-state index contributed by atoms with van der Waals surface area (Å²) in [5.74, 6) is -0.330. The molecule has 36 heavy (non-hydrogen) atoms. The Morgan fingerprint density at radius 3 is 2.39 bits per heavy atom. The molecule has 2 fully saturated rings. The van der Waals surface area contributed by atoms with E-state index in [1.807, 2.05) is 44.0 Å². The fourth-order valence-corrected chi connectivity index (χ4v) is 5.20. The van der Waals surface area contributed by atoms with Gasteiger partial charge in [0.2, 0.25) is 0 Å². The molecular formula is C28H34N4O4. The van der Waals surface area contributed by atoms with E-state index in [1.165, 1.54) is 7.11 Å². The third-order valence-electron chi connectivity index (χ3n) is 7.21. The van der Waals surface area contributed by atoms with Crippen molar-refractivity contribution in [3.63, 3.8) is 0 Å². The highest BCUT2D eigenvalue weighted by Gasteiger charge is 2.47. The lowest BCUT2D eigenvalue weighted by molar-refractivity contribution is -0.0434. The Kier molecular flexibility index (Phi) is 6.14. The number of hydrogen-bond acceptors (Lipinski definition) is 6. The number of fused-ring (bicyclic) bond motifs is 1. The van der Waals surface area contributed by atoms with E-state index in [9.17, 15) is 9.59 Å². The van der Waals surface area contributed by atoms with Gasteiger partial charge in [0.1, 0.15) is 11.2 Å². The van der Waals surface area contributed by atoms with Crippen LogP contribution in [0.2, 0.25) is 0 Å². The molecule has 4 heterocycles. The van der Waals surface area contributed by atoms with Crippen LogP contribution >= 0.6 is 0 Å². The number of nitrogens with zero attached hydrogens (tertiary/aromatic N) is 4. The number of carbonyl (C=O) groups is 2. The van der Waals surface area contributed by atoms with Gasteiger partial charge in [-0.1, -0.05) is 12.1 Å². The molecular weight excluding hydrogens is 456 g/mol. The molecule has 0 saturated carbocycles. The Morgan fingerprint density at radius 1 is 1.06 bits per heavy atom. The topological polar surface area (TPSA) is 76.9 Å². The fraction of sp³-hybridized carbons (Fsp3) is 0.464. The van der Waals surface area contributed by atoms with Crippen molar-refractivity contribution >= 4 is 28.8 Å². The molecule has 0 aliphatic carbocycles. The van der Waals surface area contributed by atoms with Gasteiger partial charge in [-0.3, -0.25) is 0 Å². The maximum Gasteiger partial charge on any atom is 0.410 e. The predicted molar refractivity (Wildman–Crippen MR) is 138 cm³/mol. The van der Waals surface area contributed by atoms with Gasteiger partial charge in [-0.15, -0.1) is 0 Å². The molecule has 8 heteroatoms. The molecule has 190 valence electrons. The van der Waals surface area contributed by atoms with Crippen LogP contribution in [0.25, 0.3) is 11.0 Å². The van der Waals surface area contributed by atoms with E-state index in [0.29, 0.717) is 12.1 Å². The quantitative estimate of drug-likeness (QED) is 0.493. The maximum absolute atomic E-state index is 12.3. The number of likely N-dealkylation sites (tertiary alicyclic amines) is 1. The lowest BCUT2D eigenvalue weighted by atomic mass is 9.72. The Morgan fingerprint density at radius 2 is 1.75 bits per heavy atom. The van der Waals surface area contributed by atoms with E-state index >= 15 is 0 Å². The van der Waals surface area contributed by atoms with Crippen molar-refractivity contribution in [2.75, 3.05) is 38.2 Å². The molecule has 0 atom stereocenters. The monoisotopic (exact) mass is 490 g/mol. The number of pyridine rings is 1. The molecule has 8 nitrogen and oxygen atoms in total. The van der Waals surface area contributed by atoms with Crippen LogP contribution in [0.1, 0.15) is 49.5 Å². The minimum atomic E-state index is -0.455. The summed E-state index contributed by atoms with van der Waals surface area (Å²) in [6.45, 7) is 9.89. The summed E-state index contributed by atoms with van der Waals surface area (Å²) in [7, 11) is 1.39. The molecule has 5 rings (SSSR count). The minimum Gasteiger partial charge on any atom is -0.465 e. The zero-order chi connectivity index (χ0) is 25.5. The molecule has 0 bridgehead atoms. The first kappa shape index (κ1) is 24.2. The van der Waals surface area contributed by atoms with Crippen LogP contribution in [-0.4, -0.2) is 65.4 Å². The number of anilines is 1. The van der Waals surface area contributed by atoms with E-state index in [2.05, 4.69) is 27.8 Å². The first-order valence-corrected chi connectivity index (χ1v) is 12.5. The van der Waals surface area contributed by atoms with Crippen LogP contribution in [0.3, 0.4) is 0 Å². The molecule has 3 aromatic rings. The number of methoxy groups -OCH3 is 1. The van der Waals surface area contributed by atoms with Gasteiger partial charge >= 0.3 is 12.1 Å². The van der Waals surface area contributed by atoms with Crippen LogP contribution in [0, 0.1) is 5.41 Å². The SMILES string of the molecule is COC(=O)c1ccc(Cn2ccc3cc(N4CCC5(CC4)CN(C(=O)OC(C)(C)C)C5)cnc32)cc1. The Balaban J connectivity index is 1.19. The van der Waals surface area contributed by atoms with Crippen LogP contribution in [0.5, 0.6) is 0 Å². The van der Waals surface area contributed by atoms with Gasteiger partial charge in [0.15, 0.2) is 0 Å². The van der Waals surface area contributed by atoms with E-state index in [0.717, 1.165) is 61.3 Å². The van der Waals surface area contributed by atoms with Gasteiger partial charge in [-0.05, 0) is 63.4 Å². The fourth-order valence-electron chi connectivity index (χ4n) is 5.20. The molecule has 1 spiro atoms. The molecule has 2 aromatic heterocycles. The van der Waals surface area contributed by atoms with Crippen LogP contribution < -0.4 is 4.90 Å². The summed E-state index contributed by atoms with van der Waals surface area (Å²) >= 11 is 0. The normalized spacial score (nSPS) is 17.2. The number of benzene rings is 1. The van der Waals surface area contributed by atoms with Crippen molar-refractivity contribution in [3.8, 4) is 0 Å². The summed E-state index contributed by atoms with van der Waals surface area (Å²) in [5.41, 5.74) is 3.48. The Bertz CT molecular complexity index is 1260. The summed E-state index contributed by atoms with van der Waals surface area (Å²) < 4.78 is 12.4. The lowest BCUT2D eigenvalue weighted by Crippen LogP contribution is -2.62. The molecule has 2 aliphatic heterocycles. The molecule has 0 N–H and O–H groups in total. The number of hydrogen-bond donors (Lipinski definition) is 0. The Hall–Kier alpha value is -3.55. The average molecular weight is 491 g/mol. The molecule has 0 unspecified atom stereocenters. The molecule has 0 radical (unpaired) electrons. The van der Waals surface area contributed by atoms with Gasteiger partial charge in [0.25, 0.3) is 0 Å². The standard InChI is InChI=1S/C28H34N4O4/c1-27(2,3)36-26(34)32-18-28(19-32)10-13-30(14-11-28)23-15-22-9-12-31(24(22)29-16-23)17-20-5-7-21(8-6-20)25(33)35-4/h5-9,12,15-16H,10-11,13-14,17-19H2,1-4H3. The smallest absolute Gasteiger partial charge is 0.410 e. The summed E-state index contributed by atoms with van der Waals surface area (Å²) in [4.78, 5) is 33.0. The molecule has 2 aliphatic rings. The zero-order valence-electron chi connectivity index (χ0n) is 21.5. The number of ether oxygens (including phenoxy) is 2. The van der Waals surface area contributed by atoms with Gasteiger partial charge in [-0.2, -0.15) is 0 Å². The van der Waals surface area contributed by atoms with E-state index < -0.39 is 5.60 Å². The number of piperidine rings is 1.